The first-order valence-corrected chi connectivity index (χ1v) is 8.34. The van der Waals surface area contributed by atoms with E-state index in [1.165, 1.54) is 0 Å². The zero-order valence-electron chi connectivity index (χ0n) is 12.6. The molecule has 1 aliphatic heterocycles. The minimum Gasteiger partial charge on any atom is -0.481 e. The standard InChI is InChI=1S/C15H16N4O4S/c16-9(6-13(20)21)14-18-12(23-19-14)5-8-7-24-11-4-2-1-3-10(11)17-15(8)22/h1-4,8-9H,5-7,16H2,(H,17,22)(H,20,21)/t8?,9-/m0/s1. The van der Waals surface area contributed by atoms with Crippen molar-refractivity contribution >= 4 is 29.3 Å². The van der Waals surface area contributed by atoms with Gasteiger partial charge in [0.15, 0.2) is 5.82 Å². The van der Waals surface area contributed by atoms with Crippen LogP contribution in [0.5, 0.6) is 0 Å². The van der Waals surface area contributed by atoms with Crippen LogP contribution in [0.15, 0.2) is 33.7 Å². The van der Waals surface area contributed by atoms with Gasteiger partial charge in [0.25, 0.3) is 0 Å². The number of aliphatic carboxylic acids is 1. The van der Waals surface area contributed by atoms with Crippen LogP contribution in [0.1, 0.15) is 24.2 Å². The van der Waals surface area contributed by atoms with E-state index >= 15 is 0 Å². The van der Waals surface area contributed by atoms with E-state index in [9.17, 15) is 9.59 Å². The smallest absolute Gasteiger partial charge is 0.305 e. The Labute approximate surface area is 141 Å². The summed E-state index contributed by atoms with van der Waals surface area (Å²) in [5, 5.41) is 15.3. The van der Waals surface area contributed by atoms with Crippen LogP contribution in [-0.4, -0.2) is 32.9 Å². The number of amides is 1. The quantitative estimate of drug-likeness (QED) is 0.740. The Kier molecular flexibility index (Phi) is 4.81. The zero-order chi connectivity index (χ0) is 17.1. The number of nitrogens with zero attached hydrogens (tertiary/aromatic N) is 2. The van der Waals surface area contributed by atoms with E-state index in [2.05, 4.69) is 15.5 Å². The number of rotatable bonds is 5. The van der Waals surface area contributed by atoms with Gasteiger partial charge >= 0.3 is 5.97 Å². The molecule has 126 valence electrons. The molecule has 0 saturated heterocycles. The van der Waals surface area contributed by atoms with Crippen molar-refractivity contribution < 1.29 is 19.2 Å². The van der Waals surface area contributed by atoms with Gasteiger partial charge in [-0.15, -0.1) is 11.8 Å². The highest BCUT2D eigenvalue weighted by molar-refractivity contribution is 7.99. The molecule has 1 aliphatic rings. The fourth-order valence-corrected chi connectivity index (χ4v) is 3.44. The van der Waals surface area contributed by atoms with Crippen molar-refractivity contribution in [3.63, 3.8) is 0 Å². The molecular weight excluding hydrogens is 332 g/mol. The van der Waals surface area contributed by atoms with Crippen LogP contribution in [-0.2, 0) is 16.0 Å². The number of anilines is 1. The second-order valence-electron chi connectivity index (χ2n) is 5.45. The van der Waals surface area contributed by atoms with Crippen molar-refractivity contribution in [2.24, 2.45) is 11.7 Å². The summed E-state index contributed by atoms with van der Waals surface area (Å²) in [5.41, 5.74) is 6.50. The number of hydrogen-bond acceptors (Lipinski definition) is 7. The van der Waals surface area contributed by atoms with E-state index in [0.29, 0.717) is 5.75 Å². The Bertz CT molecular complexity index is 763. The molecule has 0 radical (unpaired) electrons. The summed E-state index contributed by atoms with van der Waals surface area (Å²) in [6.07, 6.45) is -0.00629. The highest BCUT2D eigenvalue weighted by Gasteiger charge is 2.27. The number of hydrogen-bond donors (Lipinski definition) is 3. The molecule has 3 rings (SSSR count). The van der Waals surface area contributed by atoms with E-state index in [-0.39, 0.29) is 36.4 Å². The molecule has 0 fully saturated rings. The fraction of sp³-hybridized carbons (Fsp3) is 0.333. The number of carboxylic acids is 1. The zero-order valence-corrected chi connectivity index (χ0v) is 13.5. The van der Waals surface area contributed by atoms with Crippen molar-refractivity contribution in [3.05, 3.63) is 36.0 Å². The Morgan fingerprint density at radius 2 is 2.29 bits per heavy atom. The minimum atomic E-state index is -1.04. The van der Waals surface area contributed by atoms with Gasteiger partial charge in [-0.2, -0.15) is 4.98 Å². The Morgan fingerprint density at radius 3 is 3.08 bits per heavy atom. The molecule has 8 nitrogen and oxygen atoms in total. The highest BCUT2D eigenvalue weighted by atomic mass is 32.2. The second-order valence-corrected chi connectivity index (χ2v) is 6.51. The van der Waals surface area contributed by atoms with E-state index < -0.39 is 12.0 Å². The first-order valence-electron chi connectivity index (χ1n) is 7.35. The summed E-state index contributed by atoms with van der Waals surface area (Å²) in [6, 6.07) is 6.78. The second kappa shape index (κ2) is 7.02. The third-order valence-electron chi connectivity index (χ3n) is 3.59. The normalized spacial score (nSPS) is 18.4. The van der Waals surface area contributed by atoms with Gasteiger partial charge in [0, 0.05) is 17.1 Å². The Morgan fingerprint density at radius 1 is 1.50 bits per heavy atom. The average Bonchev–Trinajstić information content (AvgIpc) is 2.94. The van der Waals surface area contributed by atoms with Gasteiger partial charge < -0.3 is 20.7 Å². The number of benzene rings is 1. The predicted molar refractivity (Wildman–Crippen MR) is 86.5 cm³/mol. The summed E-state index contributed by atoms with van der Waals surface area (Å²) in [5.74, 6) is -0.476. The summed E-state index contributed by atoms with van der Waals surface area (Å²) in [6.45, 7) is 0. The number of carbonyl (C=O) groups excluding carboxylic acids is 1. The van der Waals surface area contributed by atoms with Crippen LogP contribution in [0.2, 0.25) is 0 Å². The molecule has 4 N–H and O–H groups in total. The monoisotopic (exact) mass is 348 g/mol. The number of carbonyl (C=O) groups is 2. The third kappa shape index (κ3) is 3.74. The summed E-state index contributed by atoms with van der Waals surface area (Å²) < 4.78 is 5.11. The van der Waals surface area contributed by atoms with E-state index in [1.54, 1.807) is 11.8 Å². The molecule has 0 aliphatic carbocycles. The highest BCUT2D eigenvalue weighted by Crippen LogP contribution is 2.33. The van der Waals surface area contributed by atoms with E-state index in [1.807, 2.05) is 24.3 Å². The van der Waals surface area contributed by atoms with E-state index in [0.717, 1.165) is 10.6 Å². The molecule has 2 atom stereocenters. The molecule has 1 aromatic carbocycles. The first-order chi connectivity index (χ1) is 11.5. The third-order valence-corrected chi connectivity index (χ3v) is 4.82. The van der Waals surface area contributed by atoms with Gasteiger partial charge in [-0.1, -0.05) is 17.3 Å². The molecular formula is C15H16N4O4S. The van der Waals surface area contributed by atoms with Gasteiger partial charge in [0.05, 0.1) is 24.1 Å². The summed E-state index contributed by atoms with van der Waals surface area (Å²) in [7, 11) is 0. The molecule has 0 spiro atoms. The average molecular weight is 348 g/mol. The molecule has 24 heavy (non-hydrogen) atoms. The summed E-state index contributed by atoms with van der Waals surface area (Å²) >= 11 is 1.59. The van der Waals surface area contributed by atoms with Crippen molar-refractivity contribution in [2.45, 2.75) is 23.8 Å². The fourth-order valence-electron chi connectivity index (χ4n) is 2.34. The summed E-state index contributed by atoms with van der Waals surface area (Å²) in [4.78, 5) is 28.2. The molecule has 1 unspecified atom stereocenters. The largest absolute Gasteiger partial charge is 0.481 e. The number of aromatic nitrogens is 2. The lowest BCUT2D eigenvalue weighted by molar-refractivity contribution is -0.137. The first kappa shape index (κ1) is 16.5. The number of nitrogens with two attached hydrogens (primary N) is 1. The van der Waals surface area contributed by atoms with Crippen LogP contribution in [0.4, 0.5) is 5.69 Å². The molecule has 0 saturated carbocycles. The SMILES string of the molecule is N[C@@H](CC(=O)O)c1noc(CC2CSc3ccccc3NC2=O)n1. The number of para-hydroxylation sites is 1. The van der Waals surface area contributed by atoms with Crippen molar-refractivity contribution in [3.8, 4) is 0 Å². The lowest BCUT2D eigenvalue weighted by Crippen LogP contribution is -2.25. The van der Waals surface area contributed by atoms with Gasteiger partial charge in [0.2, 0.25) is 11.8 Å². The minimum absolute atomic E-state index is 0.109. The van der Waals surface area contributed by atoms with Gasteiger partial charge in [-0.05, 0) is 12.1 Å². The molecule has 2 heterocycles. The van der Waals surface area contributed by atoms with Crippen LogP contribution < -0.4 is 11.1 Å². The van der Waals surface area contributed by atoms with Crippen LogP contribution in [0, 0.1) is 5.92 Å². The molecule has 9 heteroatoms. The topological polar surface area (TPSA) is 131 Å². The van der Waals surface area contributed by atoms with Gasteiger partial charge in [-0.3, -0.25) is 9.59 Å². The number of fused-ring (bicyclic) bond motifs is 1. The lowest BCUT2D eigenvalue weighted by atomic mass is 10.1. The maximum atomic E-state index is 12.4. The van der Waals surface area contributed by atoms with Crippen LogP contribution >= 0.6 is 11.8 Å². The molecule has 0 bridgehead atoms. The molecule has 1 amide bonds. The number of carboxylic acid groups (broad SMARTS) is 1. The van der Waals surface area contributed by atoms with Crippen LogP contribution in [0.3, 0.4) is 0 Å². The van der Waals surface area contributed by atoms with Crippen LogP contribution in [0.25, 0.3) is 0 Å². The molecule has 2 aromatic rings. The maximum absolute atomic E-state index is 12.4. The van der Waals surface area contributed by atoms with Crippen molar-refractivity contribution in [1.29, 1.82) is 0 Å². The number of thioether (sulfide) groups is 1. The van der Waals surface area contributed by atoms with Crippen molar-refractivity contribution in [1.82, 2.24) is 10.1 Å². The van der Waals surface area contributed by atoms with Crippen molar-refractivity contribution in [2.75, 3.05) is 11.1 Å². The molecule has 1 aromatic heterocycles. The van der Waals surface area contributed by atoms with E-state index in [4.69, 9.17) is 15.4 Å². The Hall–Kier alpha value is -2.39. The maximum Gasteiger partial charge on any atom is 0.305 e. The Balaban J connectivity index is 1.67. The lowest BCUT2D eigenvalue weighted by Gasteiger charge is -2.09. The van der Waals surface area contributed by atoms with Gasteiger partial charge in [-0.25, -0.2) is 0 Å². The number of nitrogens with one attached hydrogen (secondary N) is 1. The predicted octanol–water partition coefficient (Wildman–Crippen LogP) is 1.45. The van der Waals surface area contributed by atoms with Gasteiger partial charge in [0.1, 0.15) is 0 Å².